The van der Waals surface area contributed by atoms with Gasteiger partial charge in [0.1, 0.15) is 5.75 Å². The molecule has 0 spiro atoms. The third kappa shape index (κ3) is 2.77. The lowest BCUT2D eigenvalue weighted by Crippen LogP contribution is -2.42. The molecule has 1 amide bonds. The first-order valence-corrected chi connectivity index (χ1v) is 8.84. The van der Waals surface area contributed by atoms with Gasteiger partial charge in [-0.25, -0.2) is 0 Å². The number of carbonyl (C=O) groups is 1. The summed E-state index contributed by atoms with van der Waals surface area (Å²) in [6.07, 6.45) is 2.08. The van der Waals surface area contributed by atoms with Gasteiger partial charge in [-0.2, -0.15) is 0 Å². The van der Waals surface area contributed by atoms with Gasteiger partial charge in [-0.15, -0.1) is 0 Å². The molecule has 4 nitrogen and oxygen atoms in total. The summed E-state index contributed by atoms with van der Waals surface area (Å²) in [4.78, 5) is 15.4. The number of carbonyl (C=O) groups excluding carboxylic acids is 1. The third-order valence-electron chi connectivity index (χ3n) is 5.08. The lowest BCUT2D eigenvalue weighted by molar-refractivity contribution is 0.0663. The molecule has 0 fully saturated rings. The monoisotopic (exact) mass is 346 g/mol. The van der Waals surface area contributed by atoms with Gasteiger partial charge in [0, 0.05) is 30.5 Å². The molecule has 0 radical (unpaired) electrons. The van der Waals surface area contributed by atoms with Gasteiger partial charge in [0.25, 0.3) is 5.91 Å². The maximum atomic E-state index is 13.4. The predicted molar refractivity (Wildman–Crippen MR) is 101 cm³/mol. The quantitative estimate of drug-likeness (QED) is 0.717. The number of methoxy groups -OCH3 is 1. The SMILES string of the molecule is COc1cccc(C2c3cccn3CCN2C(=O)c2ccccc2C)c1. The van der Waals surface area contributed by atoms with Crippen LogP contribution in [0.25, 0.3) is 0 Å². The molecule has 132 valence electrons. The Hall–Kier alpha value is -3.01. The first-order valence-electron chi connectivity index (χ1n) is 8.84. The van der Waals surface area contributed by atoms with Gasteiger partial charge in [0.05, 0.1) is 13.2 Å². The molecule has 2 aromatic carbocycles. The second-order valence-corrected chi connectivity index (χ2v) is 6.62. The minimum absolute atomic E-state index is 0.0726. The number of hydrogen-bond acceptors (Lipinski definition) is 2. The van der Waals surface area contributed by atoms with E-state index in [2.05, 4.69) is 22.9 Å². The number of ether oxygens (including phenoxy) is 1. The number of amides is 1. The number of fused-ring (bicyclic) bond motifs is 1. The summed E-state index contributed by atoms with van der Waals surface area (Å²) >= 11 is 0. The van der Waals surface area contributed by atoms with Crippen LogP contribution in [-0.4, -0.2) is 29.0 Å². The Bertz CT molecular complexity index is 945. The minimum atomic E-state index is -0.124. The molecule has 2 heterocycles. The molecule has 26 heavy (non-hydrogen) atoms. The highest BCUT2D eigenvalue weighted by Gasteiger charge is 2.33. The molecule has 1 unspecified atom stereocenters. The van der Waals surface area contributed by atoms with E-state index in [4.69, 9.17) is 4.74 Å². The Labute approximate surface area is 153 Å². The Balaban J connectivity index is 1.80. The fourth-order valence-corrected chi connectivity index (χ4v) is 3.73. The van der Waals surface area contributed by atoms with E-state index in [1.54, 1.807) is 7.11 Å². The molecular formula is C22H22N2O2. The molecule has 0 saturated heterocycles. The number of aryl methyl sites for hydroxylation is 1. The lowest BCUT2D eigenvalue weighted by Gasteiger charge is -2.37. The van der Waals surface area contributed by atoms with E-state index in [0.29, 0.717) is 6.54 Å². The van der Waals surface area contributed by atoms with Crippen molar-refractivity contribution in [2.75, 3.05) is 13.7 Å². The fourth-order valence-electron chi connectivity index (χ4n) is 3.73. The largest absolute Gasteiger partial charge is 0.497 e. The summed E-state index contributed by atoms with van der Waals surface area (Å²) in [6.45, 7) is 3.47. The van der Waals surface area contributed by atoms with E-state index in [9.17, 15) is 4.79 Å². The fraction of sp³-hybridized carbons (Fsp3) is 0.227. The molecule has 1 aromatic heterocycles. The van der Waals surface area contributed by atoms with Crippen molar-refractivity contribution < 1.29 is 9.53 Å². The van der Waals surface area contributed by atoms with Crippen molar-refractivity contribution in [2.24, 2.45) is 0 Å². The molecule has 1 aliphatic rings. The molecule has 3 aromatic rings. The second kappa shape index (κ2) is 6.71. The Morgan fingerprint density at radius 3 is 2.69 bits per heavy atom. The highest BCUT2D eigenvalue weighted by molar-refractivity contribution is 5.96. The Morgan fingerprint density at radius 2 is 1.88 bits per heavy atom. The summed E-state index contributed by atoms with van der Waals surface area (Å²) in [5.74, 6) is 0.873. The first-order chi connectivity index (χ1) is 12.7. The molecule has 4 heteroatoms. The molecule has 1 atom stereocenters. The maximum absolute atomic E-state index is 13.4. The van der Waals surface area contributed by atoms with Crippen LogP contribution in [0.1, 0.15) is 33.2 Å². The van der Waals surface area contributed by atoms with Crippen LogP contribution in [0.2, 0.25) is 0 Å². The minimum Gasteiger partial charge on any atom is -0.497 e. The summed E-state index contributed by atoms with van der Waals surface area (Å²) < 4.78 is 7.63. The van der Waals surface area contributed by atoms with Crippen LogP contribution >= 0.6 is 0 Å². The Kier molecular flexibility index (Phi) is 4.25. The second-order valence-electron chi connectivity index (χ2n) is 6.62. The van der Waals surface area contributed by atoms with E-state index in [1.807, 2.05) is 60.4 Å². The zero-order valence-electron chi connectivity index (χ0n) is 15.1. The van der Waals surface area contributed by atoms with Gasteiger partial charge < -0.3 is 14.2 Å². The normalized spacial score (nSPS) is 16.2. The first kappa shape index (κ1) is 16.5. The molecule has 1 aliphatic heterocycles. The van der Waals surface area contributed by atoms with Crippen molar-refractivity contribution in [1.82, 2.24) is 9.47 Å². The zero-order valence-corrected chi connectivity index (χ0v) is 15.1. The van der Waals surface area contributed by atoms with Crippen LogP contribution in [0.15, 0.2) is 66.9 Å². The summed E-state index contributed by atoms with van der Waals surface area (Å²) in [6, 6.07) is 19.8. The molecule has 4 rings (SSSR count). The standard InChI is InChI=1S/C22H22N2O2/c1-16-7-3-4-10-19(16)22(25)24-14-13-23-12-6-11-20(23)21(24)17-8-5-9-18(15-17)26-2/h3-12,15,21H,13-14H2,1-2H3. The van der Waals surface area contributed by atoms with Crippen LogP contribution in [0.5, 0.6) is 5.75 Å². The van der Waals surface area contributed by atoms with E-state index < -0.39 is 0 Å². The van der Waals surface area contributed by atoms with Crippen LogP contribution in [0.4, 0.5) is 0 Å². The van der Waals surface area contributed by atoms with Gasteiger partial charge in [-0.3, -0.25) is 4.79 Å². The number of aromatic nitrogens is 1. The third-order valence-corrected chi connectivity index (χ3v) is 5.08. The number of rotatable bonds is 3. The van der Waals surface area contributed by atoms with Crippen LogP contribution < -0.4 is 4.74 Å². The van der Waals surface area contributed by atoms with Crippen molar-refractivity contribution in [1.29, 1.82) is 0 Å². The van der Waals surface area contributed by atoms with Crippen molar-refractivity contribution in [3.8, 4) is 5.75 Å². The molecule has 0 saturated carbocycles. The highest BCUT2D eigenvalue weighted by atomic mass is 16.5. The van der Waals surface area contributed by atoms with Gasteiger partial charge in [-0.1, -0.05) is 30.3 Å². The average molecular weight is 346 g/mol. The average Bonchev–Trinajstić information content (AvgIpc) is 3.16. The van der Waals surface area contributed by atoms with Gasteiger partial charge in [0.2, 0.25) is 0 Å². The van der Waals surface area contributed by atoms with E-state index in [1.165, 1.54) is 0 Å². The van der Waals surface area contributed by atoms with Crippen molar-refractivity contribution in [3.63, 3.8) is 0 Å². The topological polar surface area (TPSA) is 34.5 Å². The Morgan fingerprint density at radius 1 is 1.04 bits per heavy atom. The van der Waals surface area contributed by atoms with E-state index >= 15 is 0 Å². The van der Waals surface area contributed by atoms with Crippen molar-refractivity contribution in [3.05, 3.63) is 89.2 Å². The molecule has 0 bridgehead atoms. The number of hydrogen-bond donors (Lipinski definition) is 0. The van der Waals surface area contributed by atoms with Crippen molar-refractivity contribution in [2.45, 2.75) is 19.5 Å². The van der Waals surface area contributed by atoms with E-state index in [-0.39, 0.29) is 11.9 Å². The maximum Gasteiger partial charge on any atom is 0.255 e. The van der Waals surface area contributed by atoms with Gasteiger partial charge >= 0.3 is 0 Å². The van der Waals surface area contributed by atoms with Crippen LogP contribution in [0, 0.1) is 6.92 Å². The smallest absolute Gasteiger partial charge is 0.255 e. The summed E-state index contributed by atoms with van der Waals surface area (Å²) in [7, 11) is 1.67. The summed E-state index contributed by atoms with van der Waals surface area (Å²) in [5.41, 5.74) is 3.96. The predicted octanol–water partition coefficient (Wildman–Crippen LogP) is 4.05. The van der Waals surface area contributed by atoms with Crippen molar-refractivity contribution >= 4 is 5.91 Å². The van der Waals surface area contributed by atoms with Crippen LogP contribution in [-0.2, 0) is 6.54 Å². The molecular weight excluding hydrogens is 324 g/mol. The highest BCUT2D eigenvalue weighted by Crippen LogP contribution is 2.35. The number of nitrogens with zero attached hydrogens (tertiary/aromatic N) is 2. The number of benzene rings is 2. The summed E-state index contributed by atoms with van der Waals surface area (Å²) in [5, 5.41) is 0. The zero-order chi connectivity index (χ0) is 18.1. The van der Waals surface area contributed by atoms with Gasteiger partial charge in [-0.05, 0) is 48.4 Å². The molecule has 0 N–H and O–H groups in total. The lowest BCUT2D eigenvalue weighted by atomic mass is 9.97. The van der Waals surface area contributed by atoms with E-state index in [0.717, 1.165) is 34.7 Å². The van der Waals surface area contributed by atoms with Gasteiger partial charge in [0.15, 0.2) is 0 Å². The van der Waals surface area contributed by atoms with Crippen LogP contribution in [0.3, 0.4) is 0 Å². The molecule has 0 aliphatic carbocycles.